The van der Waals surface area contributed by atoms with E-state index >= 15 is 0 Å². The van der Waals surface area contributed by atoms with Gasteiger partial charge in [0.2, 0.25) is 5.78 Å². The Morgan fingerprint density at radius 2 is 1.75 bits per heavy atom. The summed E-state index contributed by atoms with van der Waals surface area (Å²) >= 11 is 0. The Labute approximate surface area is 139 Å². The van der Waals surface area contributed by atoms with Crippen LogP contribution < -0.4 is 4.74 Å². The Balaban J connectivity index is 1.60. The fourth-order valence-electron chi connectivity index (χ4n) is 2.44. The van der Waals surface area contributed by atoms with E-state index in [2.05, 4.69) is 4.98 Å². The molecule has 0 aliphatic rings. The molecule has 0 spiro atoms. The van der Waals surface area contributed by atoms with Crippen molar-refractivity contribution < 1.29 is 19.1 Å². The SMILES string of the molecule is C[C@@H](OC(=O)COc1ccccc1)C(=O)c1c[nH]c2ccccc12. The lowest BCUT2D eigenvalue weighted by molar-refractivity contribution is -0.148. The van der Waals surface area contributed by atoms with Gasteiger partial charge in [0.25, 0.3) is 0 Å². The molecule has 0 saturated heterocycles. The summed E-state index contributed by atoms with van der Waals surface area (Å²) in [6.45, 7) is 1.32. The van der Waals surface area contributed by atoms with Gasteiger partial charge >= 0.3 is 5.97 Å². The van der Waals surface area contributed by atoms with Crippen LogP contribution >= 0.6 is 0 Å². The molecular weight excluding hydrogens is 306 g/mol. The van der Waals surface area contributed by atoms with E-state index in [0.29, 0.717) is 11.3 Å². The number of aromatic nitrogens is 1. The number of hydrogen-bond donors (Lipinski definition) is 1. The van der Waals surface area contributed by atoms with Crippen molar-refractivity contribution in [2.75, 3.05) is 6.61 Å². The van der Waals surface area contributed by atoms with Crippen molar-refractivity contribution in [1.29, 1.82) is 0 Å². The van der Waals surface area contributed by atoms with Crippen LogP contribution in [0.3, 0.4) is 0 Å². The van der Waals surface area contributed by atoms with Gasteiger partial charge in [0.1, 0.15) is 5.75 Å². The predicted molar refractivity (Wildman–Crippen MR) is 90.1 cm³/mol. The van der Waals surface area contributed by atoms with E-state index in [9.17, 15) is 9.59 Å². The van der Waals surface area contributed by atoms with Crippen LogP contribution in [0.4, 0.5) is 0 Å². The van der Waals surface area contributed by atoms with Crippen molar-refractivity contribution in [2.24, 2.45) is 0 Å². The van der Waals surface area contributed by atoms with Crippen molar-refractivity contribution in [3.05, 3.63) is 66.4 Å². The Morgan fingerprint density at radius 3 is 2.54 bits per heavy atom. The van der Waals surface area contributed by atoms with Crippen LogP contribution in [0.1, 0.15) is 17.3 Å². The molecule has 1 heterocycles. The van der Waals surface area contributed by atoms with Crippen LogP contribution in [0.25, 0.3) is 10.9 Å². The molecule has 1 aromatic heterocycles. The second kappa shape index (κ2) is 7.00. The quantitative estimate of drug-likeness (QED) is 0.558. The molecule has 0 amide bonds. The summed E-state index contributed by atoms with van der Waals surface area (Å²) in [5.41, 5.74) is 1.38. The summed E-state index contributed by atoms with van der Waals surface area (Å²) in [5.74, 6) is -0.259. The number of Topliss-reactive ketones (excluding diaryl/α,β-unsaturated/α-hetero) is 1. The number of ether oxygens (including phenoxy) is 2. The first-order chi connectivity index (χ1) is 11.6. The van der Waals surface area contributed by atoms with E-state index < -0.39 is 12.1 Å². The Morgan fingerprint density at radius 1 is 1.04 bits per heavy atom. The van der Waals surface area contributed by atoms with Crippen LogP contribution in [-0.2, 0) is 9.53 Å². The molecule has 5 heteroatoms. The van der Waals surface area contributed by atoms with E-state index in [0.717, 1.165) is 10.9 Å². The molecule has 1 N–H and O–H groups in total. The van der Waals surface area contributed by atoms with Crippen LogP contribution in [0, 0.1) is 0 Å². The number of aromatic amines is 1. The molecule has 0 unspecified atom stereocenters. The molecule has 24 heavy (non-hydrogen) atoms. The van der Waals surface area contributed by atoms with Crippen molar-refractivity contribution >= 4 is 22.7 Å². The second-order valence-corrected chi connectivity index (χ2v) is 5.35. The first kappa shape index (κ1) is 15.8. The van der Waals surface area contributed by atoms with Crippen molar-refractivity contribution in [3.63, 3.8) is 0 Å². The van der Waals surface area contributed by atoms with Gasteiger partial charge in [-0.15, -0.1) is 0 Å². The normalized spacial score (nSPS) is 11.9. The Kier molecular flexibility index (Phi) is 4.61. The molecule has 5 nitrogen and oxygen atoms in total. The zero-order valence-electron chi connectivity index (χ0n) is 13.2. The first-order valence-electron chi connectivity index (χ1n) is 7.63. The van der Waals surface area contributed by atoms with Crippen molar-refractivity contribution in [1.82, 2.24) is 4.98 Å². The van der Waals surface area contributed by atoms with E-state index in [1.54, 1.807) is 25.3 Å². The number of ketones is 1. The molecule has 0 bridgehead atoms. The summed E-state index contributed by atoms with van der Waals surface area (Å²) in [6.07, 6.45) is 0.758. The lowest BCUT2D eigenvalue weighted by Crippen LogP contribution is -2.27. The summed E-state index contributed by atoms with van der Waals surface area (Å²) < 4.78 is 10.5. The number of carbonyl (C=O) groups is 2. The zero-order valence-corrected chi connectivity index (χ0v) is 13.2. The molecule has 3 aromatic rings. The molecule has 0 radical (unpaired) electrons. The number of rotatable bonds is 6. The third-order valence-corrected chi connectivity index (χ3v) is 3.63. The number of para-hydroxylation sites is 2. The van der Waals surface area contributed by atoms with Crippen LogP contribution in [0.15, 0.2) is 60.8 Å². The highest BCUT2D eigenvalue weighted by Crippen LogP contribution is 2.20. The van der Waals surface area contributed by atoms with Gasteiger partial charge in [-0.25, -0.2) is 4.79 Å². The third-order valence-electron chi connectivity index (χ3n) is 3.63. The number of fused-ring (bicyclic) bond motifs is 1. The van der Waals surface area contributed by atoms with Gasteiger partial charge in [-0.3, -0.25) is 4.79 Å². The van der Waals surface area contributed by atoms with Crippen LogP contribution in [0.2, 0.25) is 0 Å². The maximum atomic E-state index is 12.5. The average Bonchev–Trinajstić information content (AvgIpc) is 3.04. The highest BCUT2D eigenvalue weighted by Gasteiger charge is 2.22. The number of nitrogens with one attached hydrogen (secondary N) is 1. The fourth-order valence-corrected chi connectivity index (χ4v) is 2.44. The van der Waals surface area contributed by atoms with Gasteiger partial charge < -0.3 is 14.5 Å². The maximum Gasteiger partial charge on any atom is 0.344 e. The molecule has 0 fully saturated rings. The number of esters is 1. The predicted octanol–water partition coefficient (Wildman–Crippen LogP) is 3.36. The van der Waals surface area contributed by atoms with E-state index in [1.165, 1.54) is 0 Å². The Bertz CT molecular complexity index is 854. The van der Waals surface area contributed by atoms with Gasteiger partial charge in [0.15, 0.2) is 12.7 Å². The van der Waals surface area contributed by atoms with Gasteiger partial charge in [-0.1, -0.05) is 36.4 Å². The summed E-state index contributed by atoms with van der Waals surface area (Å²) in [5, 5.41) is 0.811. The van der Waals surface area contributed by atoms with Gasteiger partial charge in [0, 0.05) is 22.7 Å². The molecular formula is C19H17NO4. The van der Waals surface area contributed by atoms with E-state index in [-0.39, 0.29) is 12.4 Å². The maximum absolute atomic E-state index is 12.5. The molecule has 1 atom stereocenters. The highest BCUT2D eigenvalue weighted by atomic mass is 16.6. The Hall–Kier alpha value is -3.08. The molecule has 3 rings (SSSR count). The van der Waals surface area contributed by atoms with Crippen LogP contribution in [0.5, 0.6) is 5.75 Å². The first-order valence-corrected chi connectivity index (χ1v) is 7.63. The largest absolute Gasteiger partial charge is 0.482 e. The lowest BCUT2D eigenvalue weighted by Gasteiger charge is -2.12. The molecule has 0 aliphatic carbocycles. The standard InChI is InChI=1S/C19H17NO4/c1-13(24-18(21)12-23-14-7-3-2-4-8-14)19(22)16-11-20-17-10-6-5-9-15(16)17/h2-11,13,20H,12H2,1H3/t13-/m1/s1. The van der Waals surface area contributed by atoms with Crippen molar-refractivity contribution in [3.8, 4) is 5.75 Å². The highest BCUT2D eigenvalue weighted by molar-refractivity contribution is 6.10. The minimum Gasteiger partial charge on any atom is -0.482 e. The van der Waals surface area contributed by atoms with E-state index in [4.69, 9.17) is 9.47 Å². The minimum absolute atomic E-state index is 0.241. The van der Waals surface area contributed by atoms with Gasteiger partial charge in [0.05, 0.1) is 0 Å². The van der Waals surface area contributed by atoms with E-state index in [1.807, 2.05) is 42.5 Å². The summed E-state index contributed by atoms with van der Waals surface area (Å²) in [6, 6.07) is 16.4. The molecule has 0 saturated carbocycles. The smallest absolute Gasteiger partial charge is 0.344 e. The number of benzene rings is 2. The molecule has 2 aromatic carbocycles. The average molecular weight is 323 g/mol. The van der Waals surface area contributed by atoms with Gasteiger partial charge in [-0.05, 0) is 25.1 Å². The molecule has 0 aliphatic heterocycles. The minimum atomic E-state index is -0.879. The monoisotopic (exact) mass is 323 g/mol. The third kappa shape index (κ3) is 3.46. The fraction of sp³-hybridized carbons (Fsp3) is 0.158. The number of H-pyrrole nitrogens is 1. The second-order valence-electron chi connectivity index (χ2n) is 5.35. The zero-order chi connectivity index (χ0) is 16.9. The summed E-state index contributed by atoms with van der Waals surface area (Å²) in [7, 11) is 0. The van der Waals surface area contributed by atoms with Crippen molar-refractivity contribution in [2.45, 2.75) is 13.0 Å². The lowest BCUT2D eigenvalue weighted by atomic mass is 10.1. The van der Waals surface area contributed by atoms with Gasteiger partial charge in [-0.2, -0.15) is 0 Å². The number of carbonyl (C=O) groups excluding carboxylic acids is 2. The summed E-state index contributed by atoms with van der Waals surface area (Å²) in [4.78, 5) is 27.4. The number of hydrogen-bond acceptors (Lipinski definition) is 4. The van der Waals surface area contributed by atoms with Crippen LogP contribution in [-0.4, -0.2) is 29.4 Å². The molecule has 122 valence electrons. The topological polar surface area (TPSA) is 68.4 Å².